The van der Waals surface area contributed by atoms with Crippen molar-refractivity contribution in [2.24, 2.45) is 11.8 Å². The standard InChI is InChI=1S/C17H19NO3/c1-17(11-19,12-7-3-2-4-8-12)18-15(20)13-9-5-6-10-14(13)16(18)21/h2-8,13-14,19H,9-11H2,1H3/t13-,14+,17?. The smallest absolute Gasteiger partial charge is 0.234 e. The molecule has 0 radical (unpaired) electrons. The molecule has 0 spiro atoms. The Bertz CT molecular complexity index is 569. The number of imide groups is 1. The van der Waals surface area contributed by atoms with Gasteiger partial charge in [-0.1, -0.05) is 42.5 Å². The van der Waals surface area contributed by atoms with Crippen molar-refractivity contribution in [1.29, 1.82) is 0 Å². The third-order valence-electron chi connectivity index (χ3n) is 4.70. The molecule has 1 N–H and O–H groups in total. The summed E-state index contributed by atoms with van der Waals surface area (Å²) in [5, 5.41) is 9.91. The largest absolute Gasteiger partial charge is 0.394 e. The van der Waals surface area contributed by atoms with Gasteiger partial charge in [0.1, 0.15) is 0 Å². The lowest BCUT2D eigenvalue weighted by Gasteiger charge is -2.36. The number of rotatable bonds is 3. The summed E-state index contributed by atoms with van der Waals surface area (Å²) >= 11 is 0. The first-order valence-electron chi connectivity index (χ1n) is 7.29. The number of nitrogens with zero attached hydrogens (tertiary/aromatic N) is 1. The van der Waals surface area contributed by atoms with E-state index in [1.165, 1.54) is 4.90 Å². The van der Waals surface area contributed by atoms with Gasteiger partial charge >= 0.3 is 0 Å². The van der Waals surface area contributed by atoms with Crippen LogP contribution in [0, 0.1) is 11.8 Å². The SMILES string of the molecule is CC(CO)(c1ccccc1)N1C(=O)[C@H]2CC=CC[C@H]2C1=O. The fourth-order valence-electron chi connectivity index (χ4n) is 3.38. The van der Waals surface area contributed by atoms with Crippen LogP contribution in [0.25, 0.3) is 0 Å². The van der Waals surface area contributed by atoms with Crippen molar-refractivity contribution in [3.05, 3.63) is 48.0 Å². The Morgan fingerprint density at radius 1 is 1.10 bits per heavy atom. The topological polar surface area (TPSA) is 57.6 Å². The molecule has 1 fully saturated rings. The first kappa shape index (κ1) is 14.0. The van der Waals surface area contributed by atoms with Crippen LogP contribution in [0.3, 0.4) is 0 Å². The van der Waals surface area contributed by atoms with Crippen molar-refractivity contribution in [3.63, 3.8) is 0 Å². The second kappa shape index (κ2) is 5.11. The molecule has 4 heteroatoms. The summed E-state index contributed by atoms with van der Waals surface area (Å²) in [7, 11) is 0. The third-order valence-corrected chi connectivity index (χ3v) is 4.70. The van der Waals surface area contributed by atoms with Crippen molar-refractivity contribution >= 4 is 11.8 Å². The summed E-state index contributed by atoms with van der Waals surface area (Å²) < 4.78 is 0. The van der Waals surface area contributed by atoms with E-state index in [0.717, 1.165) is 5.56 Å². The van der Waals surface area contributed by atoms with E-state index in [-0.39, 0.29) is 30.3 Å². The number of amides is 2. The lowest BCUT2D eigenvalue weighted by molar-refractivity contribution is -0.149. The van der Waals surface area contributed by atoms with Crippen LogP contribution in [0.2, 0.25) is 0 Å². The summed E-state index contributed by atoms with van der Waals surface area (Å²) in [4.78, 5) is 26.7. The molecule has 110 valence electrons. The molecule has 0 aromatic heterocycles. The second-order valence-electron chi connectivity index (χ2n) is 5.97. The molecule has 0 bridgehead atoms. The van der Waals surface area contributed by atoms with Gasteiger partial charge in [0.05, 0.1) is 24.0 Å². The van der Waals surface area contributed by atoms with Crippen molar-refractivity contribution in [2.75, 3.05) is 6.61 Å². The number of hydrogen-bond acceptors (Lipinski definition) is 3. The highest BCUT2D eigenvalue weighted by Crippen LogP contribution is 2.41. The number of fused-ring (bicyclic) bond motifs is 1. The Kier molecular flexibility index (Phi) is 3.41. The maximum absolute atomic E-state index is 12.7. The Morgan fingerprint density at radius 3 is 2.10 bits per heavy atom. The van der Waals surface area contributed by atoms with E-state index in [1.54, 1.807) is 6.92 Å². The van der Waals surface area contributed by atoms with Crippen molar-refractivity contribution in [1.82, 2.24) is 4.90 Å². The van der Waals surface area contributed by atoms with Crippen LogP contribution in [-0.4, -0.2) is 28.4 Å². The predicted molar refractivity (Wildman–Crippen MR) is 78.1 cm³/mol. The van der Waals surface area contributed by atoms with Crippen LogP contribution in [0.1, 0.15) is 25.3 Å². The summed E-state index contributed by atoms with van der Waals surface area (Å²) in [5.74, 6) is -0.848. The molecule has 1 aliphatic carbocycles. The Morgan fingerprint density at radius 2 is 1.62 bits per heavy atom. The summed E-state index contributed by atoms with van der Waals surface area (Å²) in [5.41, 5.74) is -0.215. The quantitative estimate of drug-likeness (QED) is 0.681. The molecule has 1 saturated heterocycles. The summed E-state index contributed by atoms with van der Waals surface area (Å²) in [6, 6.07) is 9.26. The van der Waals surface area contributed by atoms with E-state index in [9.17, 15) is 14.7 Å². The van der Waals surface area contributed by atoms with E-state index < -0.39 is 5.54 Å². The number of carbonyl (C=O) groups is 2. The molecular formula is C17H19NO3. The average Bonchev–Trinajstić information content (AvgIpc) is 2.80. The molecule has 1 aromatic carbocycles. The van der Waals surface area contributed by atoms with Gasteiger partial charge < -0.3 is 5.11 Å². The molecule has 1 aliphatic heterocycles. The van der Waals surface area contributed by atoms with E-state index in [1.807, 2.05) is 42.5 Å². The molecule has 0 saturated carbocycles. The molecule has 1 aromatic rings. The fourth-order valence-corrected chi connectivity index (χ4v) is 3.38. The van der Waals surface area contributed by atoms with Gasteiger partial charge in [-0.05, 0) is 25.3 Å². The highest BCUT2D eigenvalue weighted by Gasteiger charge is 2.53. The normalized spacial score (nSPS) is 27.6. The van der Waals surface area contributed by atoms with E-state index in [2.05, 4.69) is 0 Å². The minimum atomic E-state index is -0.993. The van der Waals surface area contributed by atoms with Gasteiger partial charge in [-0.2, -0.15) is 0 Å². The maximum atomic E-state index is 12.7. The highest BCUT2D eigenvalue weighted by atomic mass is 16.3. The Hall–Kier alpha value is -1.94. The van der Waals surface area contributed by atoms with Gasteiger partial charge in [-0.25, -0.2) is 0 Å². The number of carbonyl (C=O) groups excluding carboxylic acids is 2. The zero-order chi connectivity index (χ0) is 15.0. The van der Waals surface area contributed by atoms with Gasteiger partial charge in [-0.15, -0.1) is 0 Å². The summed E-state index contributed by atoms with van der Waals surface area (Å²) in [6.07, 6.45) is 5.16. The molecule has 3 rings (SSSR count). The highest BCUT2D eigenvalue weighted by molar-refractivity contribution is 6.06. The van der Waals surface area contributed by atoms with Gasteiger partial charge in [0.2, 0.25) is 11.8 Å². The first-order chi connectivity index (χ1) is 10.1. The number of aliphatic hydroxyl groups excluding tert-OH is 1. The van der Waals surface area contributed by atoms with E-state index in [4.69, 9.17) is 0 Å². The number of allylic oxidation sites excluding steroid dienone is 2. The average molecular weight is 285 g/mol. The van der Waals surface area contributed by atoms with E-state index in [0.29, 0.717) is 12.8 Å². The van der Waals surface area contributed by atoms with Crippen molar-refractivity contribution in [3.8, 4) is 0 Å². The Labute approximate surface area is 124 Å². The van der Waals surface area contributed by atoms with Crippen LogP contribution in [-0.2, 0) is 15.1 Å². The fraction of sp³-hybridized carbons (Fsp3) is 0.412. The molecule has 21 heavy (non-hydrogen) atoms. The zero-order valence-corrected chi connectivity index (χ0v) is 12.0. The molecular weight excluding hydrogens is 266 g/mol. The molecule has 1 unspecified atom stereocenters. The zero-order valence-electron chi connectivity index (χ0n) is 12.0. The second-order valence-corrected chi connectivity index (χ2v) is 5.97. The number of likely N-dealkylation sites (tertiary alicyclic amines) is 1. The predicted octanol–water partition coefficient (Wildman–Crippen LogP) is 1.85. The van der Waals surface area contributed by atoms with Crippen LogP contribution in [0.5, 0.6) is 0 Å². The number of benzene rings is 1. The minimum absolute atomic E-state index is 0.158. The van der Waals surface area contributed by atoms with Gasteiger partial charge in [0, 0.05) is 0 Å². The van der Waals surface area contributed by atoms with Crippen LogP contribution in [0.15, 0.2) is 42.5 Å². The van der Waals surface area contributed by atoms with Crippen molar-refractivity contribution < 1.29 is 14.7 Å². The molecule has 2 aliphatic rings. The van der Waals surface area contributed by atoms with Crippen LogP contribution >= 0.6 is 0 Å². The molecule has 3 atom stereocenters. The number of aliphatic hydroxyl groups is 1. The van der Waals surface area contributed by atoms with Crippen LogP contribution in [0.4, 0.5) is 0 Å². The van der Waals surface area contributed by atoms with Gasteiger partial charge in [-0.3, -0.25) is 14.5 Å². The third kappa shape index (κ3) is 2.02. The lowest BCUT2D eigenvalue weighted by Crippen LogP contribution is -2.50. The van der Waals surface area contributed by atoms with Gasteiger partial charge in [0.15, 0.2) is 0 Å². The van der Waals surface area contributed by atoms with E-state index >= 15 is 0 Å². The molecule has 2 amide bonds. The summed E-state index contributed by atoms with van der Waals surface area (Å²) in [6.45, 7) is 1.48. The lowest BCUT2D eigenvalue weighted by atomic mass is 9.85. The van der Waals surface area contributed by atoms with Crippen molar-refractivity contribution in [2.45, 2.75) is 25.3 Å². The van der Waals surface area contributed by atoms with Crippen LogP contribution < -0.4 is 0 Å². The minimum Gasteiger partial charge on any atom is -0.394 e. The monoisotopic (exact) mass is 285 g/mol. The Balaban J connectivity index is 2.02. The maximum Gasteiger partial charge on any atom is 0.234 e. The number of hydrogen-bond donors (Lipinski definition) is 1. The molecule has 4 nitrogen and oxygen atoms in total. The first-order valence-corrected chi connectivity index (χ1v) is 7.29. The van der Waals surface area contributed by atoms with Gasteiger partial charge in [0.25, 0.3) is 0 Å². The molecule has 1 heterocycles.